The van der Waals surface area contributed by atoms with Gasteiger partial charge in [0.25, 0.3) is 0 Å². The summed E-state index contributed by atoms with van der Waals surface area (Å²) in [5.41, 5.74) is 22.5. The molecule has 0 unspecified atom stereocenters. The van der Waals surface area contributed by atoms with E-state index < -0.39 is 0 Å². The first-order valence-electron chi connectivity index (χ1n) is 22.0. The molecule has 0 bridgehead atoms. The van der Waals surface area contributed by atoms with E-state index in [2.05, 4.69) is 231 Å². The molecule has 0 spiro atoms. The second-order valence-electron chi connectivity index (χ2n) is 18.2. The van der Waals surface area contributed by atoms with Gasteiger partial charge in [-0.1, -0.05) is 167 Å². The highest BCUT2D eigenvalue weighted by molar-refractivity contribution is 6.16. The molecule has 62 heavy (non-hydrogen) atoms. The highest BCUT2D eigenvalue weighted by atomic mass is 15.1. The number of rotatable bonds is 6. The van der Waals surface area contributed by atoms with Crippen LogP contribution >= 0.6 is 0 Å². The molecule has 8 aromatic carbocycles. The van der Waals surface area contributed by atoms with Gasteiger partial charge in [-0.2, -0.15) is 0 Å². The van der Waals surface area contributed by atoms with Crippen molar-refractivity contribution >= 4 is 50.0 Å². The van der Waals surface area contributed by atoms with Crippen molar-refractivity contribution in [3.63, 3.8) is 0 Å². The van der Waals surface area contributed by atoms with Crippen molar-refractivity contribution in [2.45, 2.75) is 51.4 Å². The predicted molar refractivity (Wildman–Crippen MR) is 260 cm³/mol. The molecular formula is C60H46N2. The van der Waals surface area contributed by atoms with Crippen LogP contribution in [0.3, 0.4) is 0 Å². The van der Waals surface area contributed by atoms with Gasteiger partial charge in [0.2, 0.25) is 0 Å². The van der Waals surface area contributed by atoms with Gasteiger partial charge in [0.15, 0.2) is 0 Å². The number of allylic oxidation sites excluding steroid dienone is 4. The molecule has 0 radical (unpaired) electrons. The third-order valence-corrected chi connectivity index (χ3v) is 14.2. The van der Waals surface area contributed by atoms with E-state index in [1.54, 1.807) is 0 Å². The molecule has 3 aliphatic rings. The molecule has 2 heteroatoms. The van der Waals surface area contributed by atoms with Crippen molar-refractivity contribution in [2.75, 3.05) is 4.90 Å². The molecule has 0 amide bonds. The van der Waals surface area contributed by atoms with Crippen LogP contribution in [0.4, 0.5) is 17.1 Å². The van der Waals surface area contributed by atoms with E-state index in [0.29, 0.717) is 0 Å². The number of para-hydroxylation sites is 3. The standard InChI is InChI=1S/C60H46N2/c1-59(2)50-29-13-9-25-47(50)58-51(59)30-18-34-56(58)62(53-31-14-10-23-43(53)40-35-36-46-45-24-8-12-28-49(45)60(3,4)52(46)38-40)42-22-16-19-39(37-42)44-27-17-33-55-57(44)48-26-11-15-32-54(48)61(55)41-20-6-5-7-21-41/h5-15,17-21,23-34,37-38H,35-36H2,1-4H3. The number of fused-ring (bicyclic) bond motifs is 8. The lowest BCUT2D eigenvalue weighted by Crippen LogP contribution is -2.18. The summed E-state index contributed by atoms with van der Waals surface area (Å²) in [7, 11) is 0. The first-order chi connectivity index (χ1) is 30.3. The highest BCUT2D eigenvalue weighted by Gasteiger charge is 2.40. The minimum absolute atomic E-state index is 0.0660. The molecule has 0 N–H and O–H groups in total. The van der Waals surface area contributed by atoms with Crippen molar-refractivity contribution in [2.24, 2.45) is 0 Å². The zero-order valence-corrected chi connectivity index (χ0v) is 35.6. The Morgan fingerprint density at radius 2 is 1.16 bits per heavy atom. The minimum Gasteiger partial charge on any atom is -0.309 e. The fourth-order valence-corrected chi connectivity index (χ4v) is 11.3. The zero-order valence-electron chi connectivity index (χ0n) is 35.6. The molecule has 0 saturated carbocycles. The van der Waals surface area contributed by atoms with Gasteiger partial charge in [-0.3, -0.25) is 0 Å². The number of hydrogen-bond donors (Lipinski definition) is 0. The molecule has 1 heterocycles. The summed E-state index contributed by atoms with van der Waals surface area (Å²) in [5.74, 6) is 0. The smallest absolute Gasteiger partial charge is 0.0980 e. The molecule has 0 saturated heterocycles. The van der Waals surface area contributed by atoms with Crippen LogP contribution in [-0.2, 0) is 10.8 Å². The normalized spacial score (nSPS) is 15.5. The van der Waals surface area contributed by atoms with Gasteiger partial charge in [0.1, 0.15) is 0 Å². The molecule has 296 valence electrons. The van der Waals surface area contributed by atoms with Crippen LogP contribution in [0.1, 0.15) is 68.4 Å². The summed E-state index contributed by atoms with van der Waals surface area (Å²) < 4.78 is 2.39. The van der Waals surface area contributed by atoms with E-state index in [4.69, 9.17) is 0 Å². The predicted octanol–water partition coefficient (Wildman–Crippen LogP) is 15.7. The number of aromatic nitrogens is 1. The Balaban J connectivity index is 1.09. The van der Waals surface area contributed by atoms with Gasteiger partial charge in [0, 0.05) is 38.4 Å². The molecule has 1 aromatic heterocycles. The topological polar surface area (TPSA) is 8.17 Å². The molecule has 3 aliphatic carbocycles. The quantitative estimate of drug-likeness (QED) is 0.163. The van der Waals surface area contributed by atoms with Crippen LogP contribution in [0.2, 0.25) is 0 Å². The number of hydrogen-bond acceptors (Lipinski definition) is 1. The average molecular weight is 795 g/mol. The van der Waals surface area contributed by atoms with Crippen LogP contribution in [0.25, 0.3) is 60.9 Å². The highest BCUT2D eigenvalue weighted by Crippen LogP contribution is 2.56. The first-order valence-corrected chi connectivity index (χ1v) is 22.0. The van der Waals surface area contributed by atoms with Crippen molar-refractivity contribution in [3.8, 4) is 27.9 Å². The van der Waals surface area contributed by atoms with Crippen LogP contribution < -0.4 is 4.90 Å². The summed E-state index contributed by atoms with van der Waals surface area (Å²) >= 11 is 0. The van der Waals surface area contributed by atoms with Gasteiger partial charge in [-0.25, -0.2) is 0 Å². The third kappa shape index (κ3) is 5.25. The third-order valence-electron chi connectivity index (χ3n) is 14.2. The number of benzene rings is 7. The van der Waals surface area contributed by atoms with Crippen molar-refractivity contribution in [1.82, 2.24) is 4.57 Å². The molecule has 9 aromatic rings. The summed E-state index contributed by atoms with van der Waals surface area (Å²) in [6, 6.07) is 71.9. The number of anilines is 3. The summed E-state index contributed by atoms with van der Waals surface area (Å²) in [5, 5.41) is 2.46. The fourth-order valence-electron chi connectivity index (χ4n) is 11.3. The van der Waals surface area contributed by atoms with Gasteiger partial charge in [0.05, 0.1) is 28.1 Å². The van der Waals surface area contributed by atoms with Crippen LogP contribution in [0, 0.1) is 12.1 Å². The largest absolute Gasteiger partial charge is 0.309 e. The Hall–Kier alpha value is -7.34. The van der Waals surface area contributed by atoms with Crippen molar-refractivity contribution < 1.29 is 0 Å². The van der Waals surface area contributed by atoms with Gasteiger partial charge in [-0.15, -0.1) is 0 Å². The SMILES string of the molecule is CC1(C)C2=C(CCC(c3ccccc3N(c3c#ccc(-c4cccc5c4c4ccccc4n5-c4ccccc4)c3)c3cccc4c3-c3ccccc3C4(C)C)=C2)c2ccccc21. The summed E-state index contributed by atoms with van der Waals surface area (Å²) in [6.45, 7) is 9.53. The Morgan fingerprint density at radius 3 is 2.00 bits per heavy atom. The van der Waals surface area contributed by atoms with Gasteiger partial charge >= 0.3 is 0 Å². The van der Waals surface area contributed by atoms with Crippen LogP contribution in [-0.4, -0.2) is 4.57 Å². The summed E-state index contributed by atoms with van der Waals surface area (Å²) in [6.07, 6.45) is 4.52. The lowest BCUT2D eigenvalue weighted by atomic mass is 9.78. The Morgan fingerprint density at radius 1 is 0.532 bits per heavy atom. The van der Waals surface area contributed by atoms with E-state index in [9.17, 15) is 0 Å². The Labute approximate surface area is 364 Å². The fraction of sp³-hybridized carbons (Fsp3) is 0.133. The molecule has 0 atom stereocenters. The molecular weight excluding hydrogens is 749 g/mol. The second kappa shape index (κ2) is 13.6. The molecule has 2 nitrogen and oxygen atoms in total. The maximum Gasteiger partial charge on any atom is 0.0980 e. The van der Waals surface area contributed by atoms with E-state index >= 15 is 0 Å². The summed E-state index contributed by atoms with van der Waals surface area (Å²) in [4.78, 5) is 2.49. The Kier molecular flexibility index (Phi) is 8.00. The molecule has 0 fully saturated rings. The van der Waals surface area contributed by atoms with Crippen LogP contribution in [0.5, 0.6) is 0 Å². The van der Waals surface area contributed by atoms with Gasteiger partial charge < -0.3 is 9.47 Å². The van der Waals surface area contributed by atoms with E-state index in [-0.39, 0.29) is 10.8 Å². The minimum atomic E-state index is -0.148. The second-order valence-corrected chi connectivity index (χ2v) is 18.2. The first kappa shape index (κ1) is 36.5. The lowest BCUT2D eigenvalue weighted by Gasteiger charge is -2.31. The lowest BCUT2D eigenvalue weighted by molar-refractivity contribution is 0.652. The zero-order chi connectivity index (χ0) is 41.7. The molecule has 12 rings (SSSR count). The van der Waals surface area contributed by atoms with E-state index in [1.165, 1.54) is 83.0 Å². The maximum atomic E-state index is 3.69. The number of nitrogens with zero attached hydrogens (tertiary/aromatic N) is 2. The van der Waals surface area contributed by atoms with E-state index in [1.807, 2.05) is 0 Å². The average Bonchev–Trinajstić information content (AvgIpc) is 3.87. The molecule has 0 aliphatic heterocycles. The Bertz CT molecular complexity index is 3350. The van der Waals surface area contributed by atoms with E-state index in [0.717, 1.165) is 41.2 Å². The van der Waals surface area contributed by atoms with Crippen molar-refractivity contribution in [1.29, 1.82) is 0 Å². The monoisotopic (exact) mass is 794 g/mol. The van der Waals surface area contributed by atoms with Crippen LogP contribution in [0.15, 0.2) is 188 Å². The van der Waals surface area contributed by atoms with Crippen molar-refractivity contribution in [3.05, 3.63) is 228 Å². The maximum absolute atomic E-state index is 3.69. The van der Waals surface area contributed by atoms with Gasteiger partial charge in [-0.05, 0) is 123 Å².